The molecule has 2 aromatic carbocycles. The van der Waals surface area contributed by atoms with Crippen molar-refractivity contribution in [1.82, 2.24) is 5.32 Å². The van der Waals surface area contributed by atoms with Crippen LogP contribution in [0.15, 0.2) is 42.5 Å². The van der Waals surface area contributed by atoms with Crippen molar-refractivity contribution in [2.24, 2.45) is 5.92 Å². The highest BCUT2D eigenvalue weighted by Crippen LogP contribution is 2.50. The van der Waals surface area contributed by atoms with Gasteiger partial charge < -0.3 is 14.8 Å². The van der Waals surface area contributed by atoms with Crippen LogP contribution in [0.1, 0.15) is 25.5 Å². The summed E-state index contributed by atoms with van der Waals surface area (Å²) in [6, 6.07) is 12.2. The van der Waals surface area contributed by atoms with Crippen molar-refractivity contribution in [3.8, 4) is 5.75 Å². The van der Waals surface area contributed by atoms with E-state index >= 15 is 0 Å². The summed E-state index contributed by atoms with van der Waals surface area (Å²) < 4.78 is 11.8. The first-order valence-corrected chi connectivity index (χ1v) is 10.0. The van der Waals surface area contributed by atoms with Gasteiger partial charge in [-0.2, -0.15) is 0 Å². The fourth-order valence-electron chi connectivity index (χ4n) is 3.95. The molecule has 0 aliphatic carbocycles. The number of hydrogen-bond acceptors (Lipinski definition) is 4. The first-order valence-electron chi connectivity index (χ1n) is 8.86. The Morgan fingerprint density at radius 2 is 2.04 bits per heavy atom. The lowest BCUT2D eigenvalue weighted by molar-refractivity contribution is -0.159. The summed E-state index contributed by atoms with van der Waals surface area (Å²) in [5.74, 6) is -0.411. The number of nitrogens with one attached hydrogen (secondary N) is 1. The molecule has 2 bridgehead atoms. The maximum Gasteiger partial charge on any atom is 0.317 e. The van der Waals surface area contributed by atoms with Crippen LogP contribution < -0.4 is 15.0 Å². The van der Waals surface area contributed by atoms with E-state index in [1.165, 1.54) is 0 Å². The van der Waals surface area contributed by atoms with Crippen molar-refractivity contribution < 1.29 is 14.3 Å². The minimum absolute atomic E-state index is 0.266. The second-order valence-corrected chi connectivity index (χ2v) is 8.07. The fourth-order valence-corrected chi connectivity index (χ4v) is 4.73. The predicted octanol–water partition coefficient (Wildman–Crippen LogP) is 4.72. The normalized spacial score (nSPS) is 25.4. The van der Waals surface area contributed by atoms with Crippen LogP contribution in [-0.2, 0) is 9.53 Å². The van der Waals surface area contributed by atoms with Gasteiger partial charge in [-0.25, -0.2) is 0 Å². The quantitative estimate of drug-likeness (QED) is 0.554. The van der Waals surface area contributed by atoms with Crippen LogP contribution in [0.4, 0.5) is 5.69 Å². The van der Waals surface area contributed by atoms with Gasteiger partial charge in [-0.3, -0.25) is 9.69 Å². The van der Waals surface area contributed by atoms with Gasteiger partial charge in [0.25, 0.3) is 0 Å². The number of benzene rings is 2. The zero-order chi connectivity index (χ0) is 20.1. The summed E-state index contributed by atoms with van der Waals surface area (Å²) in [5.41, 5.74) is 0.388. The molecule has 0 spiro atoms. The van der Waals surface area contributed by atoms with Gasteiger partial charge in [-0.1, -0.05) is 29.3 Å². The third-order valence-electron chi connectivity index (χ3n) is 5.07. The topological polar surface area (TPSA) is 50.8 Å². The Morgan fingerprint density at radius 3 is 2.75 bits per heavy atom. The number of halogens is 2. The minimum Gasteiger partial charge on any atom is -0.466 e. The highest BCUT2D eigenvalue weighted by Gasteiger charge is 2.59. The van der Waals surface area contributed by atoms with E-state index in [1.807, 2.05) is 19.1 Å². The molecular formula is C20H18Cl2N2O3S. The Hall–Kier alpha value is -2.02. The molecule has 0 saturated carbocycles. The summed E-state index contributed by atoms with van der Waals surface area (Å²) in [6.07, 6.45) is 0. The van der Waals surface area contributed by atoms with Crippen molar-refractivity contribution in [3.05, 3.63) is 58.1 Å². The molecular weight excluding hydrogens is 419 g/mol. The van der Waals surface area contributed by atoms with Crippen LogP contribution in [0, 0.1) is 5.92 Å². The van der Waals surface area contributed by atoms with Crippen molar-refractivity contribution in [2.45, 2.75) is 25.6 Å². The van der Waals surface area contributed by atoms with Gasteiger partial charge >= 0.3 is 5.97 Å². The fraction of sp³-hybridized carbons (Fsp3) is 0.300. The van der Waals surface area contributed by atoms with Crippen molar-refractivity contribution in [2.75, 3.05) is 11.5 Å². The van der Waals surface area contributed by atoms with Crippen LogP contribution >= 0.6 is 35.4 Å². The Kier molecular flexibility index (Phi) is 4.89. The molecule has 28 heavy (non-hydrogen) atoms. The molecule has 0 amide bonds. The van der Waals surface area contributed by atoms with Gasteiger partial charge in [-0.15, -0.1) is 0 Å². The lowest BCUT2D eigenvalue weighted by Crippen LogP contribution is -2.71. The molecule has 2 aromatic rings. The molecule has 1 saturated heterocycles. The largest absolute Gasteiger partial charge is 0.466 e. The number of thiocarbonyl (C=S) groups is 1. The van der Waals surface area contributed by atoms with Gasteiger partial charge in [0.1, 0.15) is 11.7 Å². The van der Waals surface area contributed by atoms with E-state index in [0.29, 0.717) is 20.9 Å². The predicted molar refractivity (Wildman–Crippen MR) is 113 cm³/mol. The molecule has 1 fully saturated rings. The van der Waals surface area contributed by atoms with Gasteiger partial charge in [0.15, 0.2) is 5.11 Å². The van der Waals surface area contributed by atoms with E-state index < -0.39 is 17.7 Å². The van der Waals surface area contributed by atoms with Crippen LogP contribution in [0.25, 0.3) is 0 Å². The van der Waals surface area contributed by atoms with Crippen molar-refractivity contribution in [3.63, 3.8) is 0 Å². The second-order valence-electron chi connectivity index (χ2n) is 6.81. The minimum atomic E-state index is -1.11. The van der Waals surface area contributed by atoms with E-state index in [4.69, 9.17) is 44.9 Å². The number of hydrogen-bond donors (Lipinski definition) is 1. The molecule has 146 valence electrons. The Balaban J connectivity index is 1.90. The summed E-state index contributed by atoms with van der Waals surface area (Å²) >= 11 is 18.0. The maximum atomic E-state index is 13.0. The van der Waals surface area contributed by atoms with Gasteiger partial charge in [0.2, 0.25) is 5.72 Å². The molecule has 2 aliphatic heterocycles. The van der Waals surface area contributed by atoms with Crippen LogP contribution in [-0.4, -0.2) is 23.4 Å². The number of esters is 1. The van der Waals surface area contributed by atoms with E-state index in [-0.39, 0.29) is 12.6 Å². The van der Waals surface area contributed by atoms with Crippen LogP contribution in [0.5, 0.6) is 5.75 Å². The lowest BCUT2D eigenvalue weighted by Gasteiger charge is -2.55. The van der Waals surface area contributed by atoms with Crippen molar-refractivity contribution >= 4 is 52.2 Å². The average molecular weight is 437 g/mol. The van der Waals surface area contributed by atoms with E-state index in [1.54, 1.807) is 42.2 Å². The van der Waals surface area contributed by atoms with E-state index in [9.17, 15) is 4.79 Å². The third-order valence-corrected chi connectivity index (χ3v) is 5.84. The number of nitrogens with zero attached hydrogens (tertiary/aromatic N) is 1. The lowest BCUT2D eigenvalue weighted by atomic mass is 9.79. The number of anilines is 1. The Morgan fingerprint density at radius 1 is 1.29 bits per heavy atom. The highest BCUT2D eigenvalue weighted by molar-refractivity contribution is 7.80. The standard InChI is InChI=1S/C20H18Cl2N2O3S/c1-3-26-18(25)16-17-14-10-12(22)7-8-15(14)27-20(16,2)24(19(28)23-17)13-6-4-5-11(21)9-13/h4-10,16-17H,3H2,1-2H3,(H,23,28)/t16-,17+,20+/m1/s1. The summed E-state index contributed by atoms with van der Waals surface area (Å²) in [6.45, 7) is 3.88. The average Bonchev–Trinajstić information content (AvgIpc) is 2.62. The Bertz CT molecular complexity index is 970. The van der Waals surface area contributed by atoms with E-state index in [0.717, 1.165) is 11.3 Å². The third kappa shape index (κ3) is 3.00. The SMILES string of the molecule is CCOC(=O)[C@H]1[C@H]2NC(=S)N(c3cccc(Cl)c3)[C@@]1(C)Oc1ccc(Cl)cc12. The highest BCUT2D eigenvalue weighted by atomic mass is 35.5. The van der Waals surface area contributed by atoms with Crippen molar-refractivity contribution in [1.29, 1.82) is 0 Å². The first kappa shape index (κ1) is 19.3. The smallest absolute Gasteiger partial charge is 0.317 e. The Labute approximate surface area is 178 Å². The van der Waals surface area contributed by atoms with Gasteiger partial charge in [0.05, 0.1) is 12.6 Å². The first-order chi connectivity index (χ1) is 13.3. The van der Waals surface area contributed by atoms with Crippen LogP contribution in [0.3, 0.4) is 0 Å². The second kappa shape index (κ2) is 7.10. The molecule has 2 heterocycles. The molecule has 8 heteroatoms. The zero-order valence-electron chi connectivity index (χ0n) is 15.2. The monoisotopic (exact) mass is 436 g/mol. The number of fused-ring (bicyclic) bond motifs is 4. The van der Waals surface area contributed by atoms with Gasteiger partial charge in [-0.05, 0) is 62.5 Å². The van der Waals surface area contributed by atoms with Gasteiger partial charge in [0, 0.05) is 21.3 Å². The molecule has 2 aliphatic rings. The number of ether oxygens (including phenoxy) is 2. The molecule has 1 N–H and O–H groups in total. The molecule has 5 nitrogen and oxygen atoms in total. The zero-order valence-corrected chi connectivity index (χ0v) is 17.6. The molecule has 0 aromatic heterocycles. The molecule has 4 rings (SSSR count). The van der Waals surface area contributed by atoms with Crippen LogP contribution in [0.2, 0.25) is 10.0 Å². The van der Waals surface area contributed by atoms with E-state index in [2.05, 4.69) is 5.32 Å². The molecule has 3 atom stereocenters. The number of carbonyl (C=O) groups is 1. The summed E-state index contributed by atoms with van der Waals surface area (Å²) in [7, 11) is 0. The number of carbonyl (C=O) groups excluding carboxylic acids is 1. The summed E-state index contributed by atoms with van der Waals surface area (Å²) in [5, 5.41) is 4.83. The molecule has 0 radical (unpaired) electrons. The maximum absolute atomic E-state index is 13.0. The number of rotatable bonds is 3. The molecule has 0 unspecified atom stereocenters. The summed E-state index contributed by atoms with van der Waals surface area (Å²) in [4.78, 5) is 14.8.